The number of rotatable bonds is 4. The Morgan fingerprint density at radius 3 is 2.93 bits per heavy atom. The molecule has 0 aliphatic heterocycles. The van der Waals surface area contributed by atoms with Gasteiger partial charge in [-0.05, 0) is 42.2 Å². The molecule has 1 unspecified atom stereocenters. The maximum Gasteiger partial charge on any atom is 0.0971 e. The van der Waals surface area contributed by atoms with E-state index in [0.29, 0.717) is 0 Å². The fourth-order valence-corrected chi connectivity index (χ4v) is 2.78. The van der Waals surface area contributed by atoms with Crippen LogP contribution in [0.3, 0.4) is 0 Å². The van der Waals surface area contributed by atoms with Gasteiger partial charge in [0.25, 0.3) is 0 Å². The summed E-state index contributed by atoms with van der Waals surface area (Å²) in [5.74, 6) is 0. The molecule has 2 nitrogen and oxygen atoms in total. The predicted molar refractivity (Wildman–Crippen MR) is 64.5 cm³/mol. The van der Waals surface area contributed by atoms with Crippen LogP contribution >= 0.6 is 22.7 Å². The third kappa shape index (κ3) is 2.87. The van der Waals surface area contributed by atoms with Crippen molar-refractivity contribution in [1.29, 1.82) is 0 Å². The van der Waals surface area contributed by atoms with Crippen molar-refractivity contribution in [3.8, 4) is 0 Å². The van der Waals surface area contributed by atoms with E-state index < -0.39 is 6.10 Å². The van der Waals surface area contributed by atoms with Gasteiger partial charge < -0.3 is 5.11 Å². The van der Waals surface area contributed by atoms with Crippen LogP contribution in [0.2, 0.25) is 0 Å². The Bertz CT molecular complexity index is 408. The van der Waals surface area contributed by atoms with Gasteiger partial charge in [-0.3, -0.25) is 0 Å². The lowest BCUT2D eigenvalue weighted by Crippen LogP contribution is -1.99. The largest absolute Gasteiger partial charge is 0.387 e. The van der Waals surface area contributed by atoms with Crippen molar-refractivity contribution < 1.29 is 5.11 Å². The summed E-state index contributed by atoms with van der Waals surface area (Å²) < 4.78 is 0. The number of thiazole rings is 1. The Kier molecular flexibility index (Phi) is 3.51. The minimum Gasteiger partial charge on any atom is -0.387 e. The third-order valence-electron chi connectivity index (χ3n) is 2.26. The molecule has 2 rings (SSSR count). The van der Waals surface area contributed by atoms with Crippen LogP contribution in [0, 0.1) is 6.92 Å². The number of aromatic nitrogens is 1. The number of aliphatic hydroxyl groups is 1. The van der Waals surface area contributed by atoms with Crippen LogP contribution in [0.1, 0.15) is 28.8 Å². The van der Waals surface area contributed by atoms with Crippen LogP contribution < -0.4 is 0 Å². The van der Waals surface area contributed by atoms with Crippen molar-refractivity contribution in [3.63, 3.8) is 0 Å². The fourth-order valence-electron chi connectivity index (χ4n) is 1.42. The highest BCUT2D eigenvalue weighted by atomic mass is 32.1. The molecular weight excluding hydrogens is 226 g/mol. The molecule has 4 heteroatoms. The van der Waals surface area contributed by atoms with E-state index in [1.54, 1.807) is 22.7 Å². The van der Waals surface area contributed by atoms with Gasteiger partial charge in [0.2, 0.25) is 0 Å². The summed E-state index contributed by atoms with van der Waals surface area (Å²) in [6.07, 6.45) is 1.25. The van der Waals surface area contributed by atoms with Gasteiger partial charge in [-0.1, -0.05) is 0 Å². The zero-order valence-corrected chi connectivity index (χ0v) is 10.1. The molecule has 0 spiro atoms. The van der Waals surface area contributed by atoms with Crippen LogP contribution in [-0.2, 0) is 6.42 Å². The highest BCUT2D eigenvalue weighted by Crippen LogP contribution is 2.21. The van der Waals surface area contributed by atoms with Crippen molar-refractivity contribution in [2.45, 2.75) is 25.9 Å². The normalized spacial score (nSPS) is 12.9. The Balaban J connectivity index is 1.90. The van der Waals surface area contributed by atoms with Crippen molar-refractivity contribution in [3.05, 3.63) is 38.5 Å². The van der Waals surface area contributed by atoms with Gasteiger partial charge in [-0.2, -0.15) is 11.3 Å². The Labute approximate surface area is 97.2 Å². The van der Waals surface area contributed by atoms with Gasteiger partial charge in [-0.25, -0.2) is 4.98 Å². The van der Waals surface area contributed by atoms with Crippen LogP contribution in [0.25, 0.3) is 0 Å². The highest BCUT2D eigenvalue weighted by Gasteiger charge is 2.10. The van der Waals surface area contributed by atoms with Crippen LogP contribution in [0.5, 0.6) is 0 Å². The van der Waals surface area contributed by atoms with Gasteiger partial charge in [0.1, 0.15) is 0 Å². The van der Waals surface area contributed by atoms with Crippen molar-refractivity contribution >= 4 is 22.7 Å². The molecule has 0 aliphatic rings. The summed E-state index contributed by atoms with van der Waals surface area (Å²) >= 11 is 3.28. The minimum atomic E-state index is -0.421. The molecule has 2 aromatic heterocycles. The van der Waals surface area contributed by atoms with Crippen LogP contribution in [0.15, 0.2) is 22.2 Å². The molecule has 80 valence electrons. The van der Waals surface area contributed by atoms with Crippen molar-refractivity contribution in [2.24, 2.45) is 0 Å². The molecule has 0 radical (unpaired) electrons. The number of nitrogens with zero attached hydrogens (tertiary/aromatic N) is 1. The second kappa shape index (κ2) is 4.88. The van der Waals surface area contributed by atoms with Gasteiger partial charge in [0.15, 0.2) is 0 Å². The van der Waals surface area contributed by atoms with E-state index in [-0.39, 0.29) is 0 Å². The first kappa shape index (κ1) is 10.8. The molecule has 0 aromatic carbocycles. The summed E-state index contributed by atoms with van der Waals surface area (Å²) in [7, 11) is 0. The molecule has 0 aliphatic carbocycles. The summed E-state index contributed by atoms with van der Waals surface area (Å²) in [6, 6.07) is 2.10. The number of thiophene rings is 1. The molecule has 1 atom stereocenters. The first-order chi connectivity index (χ1) is 7.25. The lowest BCUT2D eigenvalue weighted by atomic mass is 10.1. The van der Waals surface area contributed by atoms with E-state index in [0.717, 1.165) is 23.5 Å². The quantitative estimate of drug-likeness (QED) is 0.889. The van der Waals surface area contributed by atoms with Gasteiger partial charge in [-0.15, -0.1) is 11.3 Å². The molecule has 0 saturated heterocycles. The lowest BCUT2D eigenvalue weighted by Gasteiger charge is -2.06. The Morgan fingerprint density at radius 2 is 2.33 bits per heavy atom. The highest BCUT2D eigenvalue weighted by molar-refractivity contribution is 7.09. The molecule has 15 heavy (non-hydrogen) atoms. The number of aliphatic hydroxyl groups excluding tert-OH is 1. The van der Waals surface area contributed by atoms with Gasteiger partial charge >= 0.3 is 0 Å². The van der Waals surface area contributed by atoms with E-state index in [4.69, 9.17) is 0 Å². The molecule has 2 aromatic rings. The van der Waals surface area contributed by atoms with Crippen molar-refractivity contribution in [2.75, 3.05) is 0 Å². The van der Waals surface area contributed by atoms with E-state index >= 15 is 0 Å². The standard InChI is InChI=1S/C11H13NOS2/c1-8-12-10(7-15-8)11(13)3-2-9-4-5-14-6-9/h4-7,11,13H,2-3H2,1H3. The first-order valence-electron chi connectivity index (χ1n) is 4.87. The molecule has 1 N–H and O–H groups in total. The lowest BCUT2D eigenvalue weighted by molar-refractivity contribution is 0.163. The second-order valence-corrected chi connectivity index (χ2v) is 5.32. The first-order valence-corrected chi connectivity index (χ1v) is 6.69. The average Bonchev–Trinajstić information content (AvgIpc) is 2.84. The number of hydrogen-bond donors (Lipinski definition) is 1. The minimum absolute atomic E-state index is 0.421. The number of aryl methyl sites for hydroxylation is 2. The molecular formula is C11H13NOS2. The predicted octanol–water partition coefficient (Wildman–Crippen LogP) is 3.18. The van der Waals surface area contributed by atoms with Crippen LogP contribution in [0.4, 0.5) is 0 Å². The number of hydrogen-bond acceptors (Lipinski definition) is 4. The molecule has 0 saturated carbocycles. The molecule has 0 bridgehead atoms. The SMILES string of the molecule is Cc1nc(C(O)CCc2ccsc2)cs1. The summed E-state index contributed by atoms with van der Waals surface area (Å²) in [5.41, 5.74) is 2.11. The fraction of sp³-hybridized carbons (Fsp3) is 0.364. The van der Waals surface area contributed by atoms with Crippen molar-refractivity contribution in [1.82, 2.24) is 4.98 Å². The zero-order chi connectivity index (χ0) is 10.7. The summed E-state index contributed by atoms with van der Waals surface area (Å²) in [4.78, 5) is 4.28. The second-order valence-electron chi connectivity index (χ2n) is 3.48. The molecule has 2 heterocycles. The van der Waals surface area contributed by atoms with E-state index in [1.165, 1.54) is 5.56 Å². The van der Waals surface area contributed by atoms with E-state index in [1.807, 2.05) is 12.3 Å². The maximum atomic E-state index is 9.88. The average molecular weight is 239 g/mol. The maximum absolute atomic E-state index is 9.88. The zero-order valence-electron chi connectivity index (χ0n) is 8.51. The summed E-state index contributed by atoms with van der Waals surface area (Å²) in [5, 5.41) is 17.0. The monoisotopic (exact) mass is 239 g/mol. The van der Waals surface area contributed by atoms with E-state index in [2.05, 4.69) is 21.8 Å². The van der Waals surface area contributed by atoms with Crippen LogP contribution in [-0.4, -0.2) is 10.1 Å². The Hall–Kier alpha value is -0.710. The molecule has 0 fully saturated rings. The van der Waals surface area contributed by atoms with E-state index in [9.17, 15) is 5.11 Å². The van der Waals surface area contributed by atoms with Gasteiger partial charge in [0.05, 0.1) is 16.8 Å². The third-order valence-corrected chi connectivity index (χ3v) is 3.79. The topological polar surface area (TPSA) is 33.1 Å². The van der Waals surface area contributed by atoms with Gasteiger partial charge in [0, 0.05) is 5.38 Å². The smallest absolute Gasteiger partial charge is 0.0971 e. The summed E-state index contributed by atoms with van der Waals surface area (Å²) in [6.45, 7) is 1.96. The Morgan fingerprint density at radius 1 is 1.47 bits per heavy atom. The molecule has 0 amide bonds.